The van der Waals surface area contributed by atoms with Crippen molar-refractivity contribution in [2.75, 3.05) is 6.61 Å². The van der Waals surface area contributed by atoms with Crippen LogP contribution in [-0.4, -0.2) is 59.7 Å². The Morgan fingerprint density at radius 3 is 2.33 bits per heavy atom. The van der Waals surface area contributed by atoms with Crippen LogP contribution in [0.15, 0.2) is 44.9 Å². The molecule has 15 nitrogen and oxygen atoms in total. The number of H-pyrrole nitrogens is 1. The first-order valence-electron chi connectivity index (χ1n) is 10.3. The number of nitrogens with one attached hydrogen (secondary N) is 1. The van der Waals surface area contributed by atoms with Crippen molar-refractivity contribution in [2.24, 2.45) is 0 Å². The molecule has 194 valence electrons. The van der Waals surface area contributed by atoms with E-state index in [0.717, 1.165) is 48.9 Å². The smallest absolute Gasteiger partial charge is 0.330 e. The van der Waals surface area contributed by atoms with Gasteiger partial charge in [-0.3, -0.25) is 38.2 Å². The molecule has 1 fully saturated rings. The van der Waals surface area contributed by atoms with Gasteiger partial charge in [0, 0.05) is 37.7 Å². The minimum atomic E-state index is -4.67. The van der Waals surface area contributed by atoms with Gasteiger partial charge >= 0.3 is 17.6 Å². The summed E-state index contributed by atoms with van der Waals surface area (Å²) in [7, 11) is -4.67. The first-order chi connectivity index (χ1) is 16.8. The Labute approximate surface area is 202 Å². The highest BCUT2D eigenvalue weighted by Crippen LogP contribution is 2.35. The average molecular weight is 527 g/mol. The minimum Gasteiger partial charge on any atom is -0.463 e. The number of benzene rings is 1. The van der Waals surface area contributed by atoms with Crippen LogP contribution in [0.1, 0.15) is 25.6 Å². The SMILES string of the molecule is CC(=O)OC[C@H]1O[C@@H](n2cc(C)c(=O)[nH]c2=O)[C@@H](OS(=O)(=O)c2ccc([N+](=O)[O-])cc2)[C@@H]1OC(C)=O. The van der Waals surface area contributed by atoms with Gasteiger partial charge in [0.15, 0.2) is 18.4 Å². The fourth-order valence-electron chi connectivity index (χ4n) is 3.41. The largest absolute Gasteiger partial charge is 0.463 e. The molecular weight excluding hydrogens is 506 g/mol. The molecule has 4 atom stereocenters. The van der Waals surface area contributed by atoms with Gasteiger partial charge in [0.25, 0.3) is 21.4 Å². The number of nitro groups is 1. The van der Waals surface area contributed by atoms with Crippen LogP contribution >= 0.6 is 0 Å². The number of nitrogens with zero attached hydrogens (tertiary/aromatic N) is 2. The number of rotatable bonds is 8. The molecular formula is C20H21N3O12S. The lowest BCUT2D eigenvalue weighted by Crippen LogP contribution is -2.43. The summed E-state index contributed by atoms with van der Waals surface area (Å²) in [5, 5.41) is 10.9. The Kier molecular flexibility index (Phi) is 7.71. The first kappa shape index (κ1) is 26.7. The minimum absolute atomic E-state index is 0.0719. The maximum atomic E-state index is 13.0. The van der Waals surface area contributed by atoms with Crippen molar-refractivity contribution in [3.05, 3.63) is 67.0 Å². The van der Waals surface area contributed by atoms with Gasteiger partial charge in [0.1, 0.15) is 12.7 Å². The molecule has 0 saturated carbocycles. The molecule has 2 aromatic rings. The highest BCUT2D eigenvalue weighted by Gasteiger charge is 2.51. The maximum absolute atomic E-state index is 13.0. The number of esters is 2. The van der Waals surface area contributed by atoms with Gasteiger partial charge in [0.2, 0.25) is 0 Å². The first-order valence-corrected chi connectivity index (χ1v) is 11.7. The number of carbonyl (C=O) groups is 2. The summed E-state index contributed by atoms with van der Waals surface area (Å²) >= 11 is 0. The standard InChI is InChI=1S/C20H21N3O12S/c1-10-8-22(20(27)21-18(10)26)19-17(16(33-12(3)25)15(34-19)9-32-11(2)24)35-36(30,31)14-6-4-13(5-7-14)23(28)29/h4-8,15-17,19H,9H2,1-3H3,(H,21,26,27)/t15-,16-,17+,19-/m1/s1. The van der Waals surface area contributed by atoms with Crippen molar-refractivity contribution in [3.8, 4) is 0 Å². The van der Waals surface area contributed by atoms with E-state index < -0.39 is 74.3 Å². The molecule has 2 heterocycles. The van der Waals surface area contributed by atoms with Gasteiger partial charge in [0.05, 0.1) is 9.82 Å². The number of aryl methyl sites for hydroxylation is 1. The Bertz CT molecular complexity index is 1400. The van der Waals surface area contributed by atoms with Crippen LogP contribution in [-0.2, 0) is 38.1 Å². The van der Waals surface area contributed by atoms with E-state index in [-0.39, 0.29) is 11.3 Å². The third kappa shape index (κ3) is 5.84. The molecule has 1 aromatic heterocycles. The third-order valence-electron chi connectivity index (χ3n) is 5.03. The van der Waals surface area contributed by atoms with Crippen LogP contribution in [0.5, 0.6) is 0 Å². The average Bonchev–Trinajstić information content (AvgIpc) is 3.10. The van der Waals surface area contributed by atoms with E-state index >= 15 is 0 Å². The number of aromatic amines is 1. The lowest BCUT2D eigenvalue weighted by Gasteiger charge is -2.24. The van der Waals surface area contributed by atoms with Crippen molar-refractivity contribution in [1.29, 1.82) is 0 Å². The molecule has 1 aliphatic heterocycles. The number of non-ortho nitro benzene ring substituents is 1. The molecule has 3 rings (SSSR count). The highest BCUT2D eigenvalue weighted by molar-refractivity contribution is 7.86. The van der Waals surface area contributed by atoms with E-state index in [1.165, 1.54) is 6.92 Å². The van der Waals surface area contributed by atoms with E-state index in [1.54, 1.807) is 0 Å². The molecule has 1 aliphatic rings. The summed E-state index contributed by atoms with van der Waals surface area (Å²) in [5.74, 6) is -1.57. The molecule has 1 aromatic carbocycles. The molecule has 1 N–H and O–H groups in total. The normalized spacial score (nSPS) is 21.6. The number of hydrogen-bond donors (Lipinski definition) is 1. The quantitative estimate of drug-likeness (QED) is 0.207. The number of aromatic nitrogens is 2. The number of ether oxygens (including phenoxy) is 3. The van der Waals surface area contributed by atoms with Crippen LogP contribution in [0.3, 0.4) is 0 Å². The van der Waals surface area contributed by atoms with E-state index in [4.69, 9.17) is 18.4 Å². The fraction of sp³-hybridized carbons (Fsp3) is 0.400. The summed E-state index contributed by atoms with van der Waals surface area (Å²) in [6, 6.07) is 3.76. The predicted molar refractivity (Wildman–Crippen MR) is 117 cm³/mol. The molecule has 36 heavy (non-hydrogen) atoms. The van der Waals surface area contributed by atoms with Gasteiger partial charge in [-0.25, -0.2) is 4.79 Å². The predicted octanol–water partition coefficient (Wildman–Crippen LogP) is -0.0805. The van der Waals surface area contributed by atoms with Crippen molar-refractivity contribution in [1.82, 2.24) is 9.55 Å². The lowest BCUT2D eigenvalue weighted by atomic mass is 10.1. The Hall–Kier alpha value is -3.89. The van der Waals surface area contributed by atoms with Crippen LogP contribution in [0, 0.1) is 17.0 Å². The topological polar surface area (TPSA) is 203 Å². The zero-order valence-electron chi connectivity index (χ0n) is 19.1. The summed E-state index contributed by atoms with van der Waals surface area (Å²) in [5.41, 5.74) is -1.97. The summed E-state index contributed by atoms with van der Waals surface area (Å²) in [4.78, 5) is 59.2. The molecule has 0 radical (unpaired) electrons. The summed E-state index contributed by atoms with van der Waals surface area (Å²) < 4.78 is 48.1. The van der Waals surface area contributed by atoms with Crippen molar-refractivity contribution in [2.45, 2.75) is 50.2 Å². The van der Waals surface area contributed by atoms with Crippen molar-refractivity contribution < 1.29 is 41.3 Å². The fourth-order valence-corrected chi connectivity index (χ4v) is 4.49. The summed E-state index contributed by atoms with van der Waals surface area (Å²) in [6.45, 7) is 3.04. The summed E-state index contributed by atoms with van der Waals surface area (Å²) in [6.07, 6.45) is -4.92. The number of carbonyl (C=O) groups excluding carboxylic acids is 2. The lowest BCUT2D eigenvalue weighted by molar-refractivity contribution is -0.384. The Balaban J connectivity index is 2.08. The van der Waals surface area contributed by atoms with Crippen LogP contribution < -0.4 is 11.2 Å². The number of nitro benzene ring substituents is 1. The van der Waals surface area contributed by atoms with Gasteiger partial charge in [-0.05, 0) is 19.1 Å². The van der Waals surface area contributed by atoms with E-state index in [0.29, 0.717) is 0 Å². The molecule has 1 saturated heterocycles. The zero-order valence-corrected chi connectivity index (χ0v) is 19.9. The van der Waals surface area contributed by atoms with Gasteiger partial charge in [-0.15, -0.1) is 0 Å². The maximum Gasteiger partial charge on any atom is 0.330 e. The van der Waals surface area contributed by atoms with E-state index in [2.05, 4.69) is 0 Å². The Morgan fingerprint density at radius 2 is 1.78 bits per heavy atom. The molecule has 0 amide bonds. The second kappa shape index (κ2) is 10.4. The van der Waals surface area contributed by atoms with Crippen molar-refractivity contribution >= 4 is 27.7 Å². The van der Waals surface area contributed by atoms with Crippen LogP contribution in [0.25, 0.3) is 0 Å². The molecule has 0 aliphatic carbocycles. The third-order valence-corrected chi connectivity index (χ3v) is 6.36. The van der Waals surface area contributed by atoms with Crippen molar-refractivity contribution in [3.63, 3.8) is 0 Å². The second-order valence-electron chi connectivity index (χ2n) is 7.69. The van der Waals surface area contributed by atoms with Crippen LogP contribution in [0.4, 0.5) is 5.69 Å². The second-order valence-corrected chi connectivity index (χ2v) is 9.26. The van der Waals surface area contributed by atoms with Gasteiger partial charge in [-0.1, -0.05) is 0 Å². The monoisotopic (exact) mass is 527 g/mol. The molecule has 0 spiro atoms. The van der Waals surface area contributed by atoms with Gasteiger partial charge < -0.3 is 14.2 Å². The highest BCUT2D eigenvalue weighted by atomic mass is 32.2. The van der Waals surface area contributed by atoms with E-state index in [9.17, 15) is 37.7 Å². The molecule has 16 heteroatoms. The van der Waals surface area contributed by atoms with E-state index in [1.807, 2.05) is 4.98 Å². The molecule has 0 unspecified atom stereocenters. The Morgan fingerprint density at radius 1 is 1.14 bits per heavy atom. The van der Waals surface area contributed by atoms with Crippen LogP contribution in [0.2, 0.25) is 0 Å². The number of hydrogen-bond acceptors (Lipinski definition) is 12. The molecule has 0 bridgehead atoms. The zero-order chi connectivity index (χ0) is 26.8. The van der Waals surface area contributed by atoms with Gasteiger partial charge in [-0.2, -0.15) is 8.42 Å².